The van der Waals surface area contributed by atoms with E-state index in [0.717, 1.165) is 29.1 Å². The maximum Gasteiger partial charge on any atom is 0.128 e. The average molecular weight is 364 g/mol. The van der Waals surface area contributed by atoms with Gasteiger partial charge in [0.15, 0.2) is 0 Å². The molecule has 0 N–H and O–H groups in total. The van der Waals surface area contributed by atoms with E-state index in [1.807, 2.05) is 36.4 Å². The predicted molar refractivity (Wildman–Crippen MR) is 113 cm³/mol. The summed E-state index contributed by atoms with van der Waals surface area (Å²) in [4.78, 5) is 0. The first-order chi connectivity index (χ1) is 13.9. The standard InChI is InChI=1S/C25H20N2O/c1-3-8-19(9-4-1)20-13-15-21(16-14-20)23-18-24(25-12-7-17-28-25)27(26-23)22-10-5-2-6-11-22/h1-17,24H,18H2/t24-/m1/s1. The van der Waals surface area contributed by atoms with E-state index >= 15 is 0 Å². The number of hydrogen-bond donors (Lipinski definition) is 0. The summed E-state index contributed by atoms with van der Waals surface area (Å²) in [5.41, 5.74) is 5.73. The largest absolute Gasteiger partial charge is 0.467 e. The summed E-state index contributed by atoms with van der Waals surface area (Å²) >= 11 is 0. The molecule has 1 aliphatic heterocycles. The van der Waals surface area contributed by atoms with E-state index in [4.69, 9.17) is 9.52 Å². The summed E-state index contributed by atoms with van der Waals surface area (Å²) in [7, 11) is 0. The van der Waals surface area contributed by atoms with Gasteiger partial charge in [0.2, 0.25) is 0 Å². The van der Waals surface area contributed by atoms with Crippen LogP contribution in [0.3, 0.4) is 0 Å². The summed E-state index contributed by atoms with van der Waals surface area (Å²) in [5, 5.41) is 7.03. The van der Waals surface area contributed by atoms with Crippen LogP contribution >= 0.6 is 0 Å². The quantitative estimate of drug-likeness (QED) is 0.425. The second-order valence-corrected chi connectivity index (χ2v) is 6.91. The number of para-hydroxylation sites is 1. The minimum absolute atomic E-state index is 0.0706. The van der Waals surface area contributed by atoms with E-state index in [2.05, 4.69) is 65.7 Å². The minimum atomic E-state index is 0.0706. The molecule has 0 saturated heterocycles. The number of furan rings is 1. The highest BCUT2D eigenvalue weighted by Gasteiger charge is 2.31. The molecule has 3 aromatic carbocycles. The molecule has 1 aliphatic rings. The van der Waals surface area contributed by atoms with Gasteiger partial charge in [0, 0.05) is 6.42 Å². The molecule has 0 radical (unpaired) electrons. The summed E-state index contributed by atoms with van der Waals surface area (Å²) in [5.74, 6) is 0.934. The van der Waals surface area contributed by atoms with Crippen molar-refractivity contribution in [2.45, 2.75) is 12.5 Å². The Morgan fingerprint density at radius 3 is 2.00 bits per heavy atom. The lowest BCUT2D eigenvalue weighted by Crippen LogP contribution is -2.17. The maximum absolute atomic E-state index is 5.72. The molecule has 4 aromatic rings. The molecular formula is C25H20N2O. The van der Waals surface area contributed by atoms with E-state index < -0.39 is 0 Å². The van der Waals surface area contributed by atoms with Crippen LogP contribution in [-0.2, 0) is 0 Å². The minimum Gasteiger partial charge on any atom is -0.467 e. The molecule has 1 atom stereocenters. The molecule has 0 fully saturated rings. The van der Waals surface area contributed by atoms with Gasteiger partial charge in [-0.2, -0.15) is 5.10 Å². The fourth-order valence-electron chi connectivity index (χ4n) is 3.69. The van der Waals surface area contributed by atoms with Crippen molar-refractivity contribution in [3.05, 3.63) is 115 Å². The van der Waals surface area contributed by atoms with Gasteiger partial charge >= 0.3 is 0 Å². The number of rotatable bonds is 4. The molecule has 0 aliphatic carbocycles. The van der Waals surface area contributed by atoms with Gasteiger partial charge in [0.1, 0.15) is 11.8 Å². The Morgan fingerprint density at radius 2 is 1.32 bits per heavy atom. The van der Waals surface area contributed by atoms with Gasteiger partial charge < -0.3 is 4.42 Å². The van der Waals surface area contributed by atoms with Crippen LogP contribution in [0, 0.1) is 0 Å². The van der Waals surface area contributed by atoms with Gasteiger partial charge in [-0.25, -0.2) is 0 Å². The van der Waals surface area contributed by atoms with Crippen LogP contribution in [0.4, 0.5) is 5.69 Å². The molecule has 0 bridgehead atoms. The van der Waals surface area contributed by atoms with Crippen LogP contribution in [0.5, 0.6) is 0 Å². The van der Waals surface area contributed by atoms with Crippen molar-refractivity contribution in [2.24, 2.45) is 5.10 Å². The van der Waals surface area contributed by atoms with Crippen LogP contribution in [0.1, 0.15) is 23.8 Å². The summed E-state index contributed by atoms with van der Waals surface area (Å²) in [6, 6.07) is 33.4. The van der Waals surface area contributed by atoms with Crippen LogP contribution < -0.4 is 5.01 Å². The van der Waals surface area contributed by atoms with Crippen LogP contribution in [0.25, 0.3) is 11.1 Å². The van der Waals surface area contributed by atoms with E-state index in [0.29, 0.717) is 0 Å². The summed E-state index contributed by atoms with van der Waals surface area (Å²) in [6.45, 7) is 0. The third kappa shape index (κ3) is 3.12. The van der Waals surface area contributed by atoms with E-state index in [-0.39, 0.29) is 6.04 Å². The van der Waals surface area contributed by atoms with Gasteiger partial charge in [-0.15, -0.1) is 0 Å². The normalized spacial score (nSPS) is 16.2. The van der Waals surface area contributed by atoms with Gasteiger partial charge in [-0.3, -0.25) is 5.01 Å². The van der Waals surface area contributed by atoms with Gasteiger partial charge in [0.05, 0.1) is 17.7 Å². The third-order valence-electron chi connectivity index (χ3n) is 5.13. The van der Waals surface area contributed by atoms with Crippen LogP contribution in [0.2, 0.25) is 0 Å². The van der Waals surface area contributed by atoms with E-state index in [9.17, 15) is 0 Å². The Balaban J connectivity index is 1.48. The Bertz CT molecular complexity index is 1070. The average Bonchev–Trinajstić information content (AvgIpc) is 3.45. The van der Waals surface area contributed by atoms with Gasteiger partial charge in [-0.05, 0) is 41.0 Å². The molecule has 0 unspecified atom stereocenters. The van der Waals surface area contributed by atoms with Crippen molar-refractivity contribution in [1.82, 2.24) is 0 Å². The Kier molecular flexibility index (Phi) is 4.26. The zero-order valence-electron chi connectivity index (χ0n) is 15.4. The predicted octanol–water partition coefficient (Wildman–Crippen LogP) is 6.30. The lowest BCUT2D eigenvalue weighted by Gasteiger charge is -2.21. The number of hydrazone groups is 1. The maximum atomic E-state index is 5.72. The molecule has 0 amide bonds. The zero-order chi connectivity index (χ0) is 18.8. The van der Waals surface area contributed by atoms with Crippen molar-refractivity contribution in [3.63, 3.8) is 0 Å². The lowest BCUT2D eigenvalue weighted by molar-refractivity contribution is 0.465. The monoisotopic (exact) mass is 364 g/mol. The topological polar surface area (TPSA) is 28.7 Å². The van der Waals surface area contributed by atoms with E-state index in [1.165, 1.54) is 11.1 Å². The highest BCUT2D eigenvalue weighted by molar-refractivity contribution is 6.03. The molecule has 3 nitrogen and oxygen atoms in total. The van der Waals surface area contributed by atoms with Gasteiger partial charge in [0.25, 0.3) is 0 Å². The molecule has 2 heterocycles. The number of nitrogens with zero attached hydrogens (tertiary/aromatic N) is 2. The van der Waals surface area contributed by atoms with Crippen molar-refractivity contribution < 1.29 is 4.42 Å². The molecule has 1 aromatic heterocycles. The third-order valence-corrected chi connectivity index (χ3v) is 5.13. The highest BCUT2D eigenvalue weighted by Crippen LogP contribution is 2.37. The van der Waals surface area contributed by atoms with Crippen molar-refractivity contribution in [1.29, 1.82) is 0 Å². The SMILES string of the molecule is c1ccc(-c2ccc(C3=NN(c4ccccc4)[C@@H](c4ccco4)C3)cc2)cc1. The van der Waals surface area contributed by atoms with Crippen LogP contribution in [-0.4, -0.2) is 5.71 Å². The second kappa shape index (κ2) is 7.20. The highest BCUT2D eigenvalue weighted by atomic mass is 16.3. The molecule has 0 saturated carbocycles. The van der Waals surface area contributed by atoms with Crippen LogP contribution in [0.15, 0.2) is 113 Å². The molecule has 136 valence electrons. The molecule has 5 rings (SSSR count). The van der Waals surface area contributed by atoms with Crippen molar-refractivity contribution >= 4 is 11.4 Å². The first-order valence-corrected chi connectivity index (χ1v) is 9.49. The van der Waals surface area contributed by atoms with E-state index in [1.54, 1.807) is 6.26 Å². The molecule has 3 heteroatoms. The Hall–Kier alpha value is -3.59. The second-order valence-electron chi connectivity index (χ2n) is 6.91. The summed E-state index contributed by atoms with van der Waals surface area (Å²) < 4.78 is 5.72. The van der Waals surface area contributed by atoms with Gasteiger partial charge in [-0.1, -0.05) is 72.8 Å². The fraction of sp³-hybridized carbons (Fsp3) is 0.0800. The lowest BCUT2D eigenvalue weighted by atomic mass is 9.99. The zero-order valence-corrected chi connectivity index (χ0v) is 15.4. The Labute approximate surface area is 164 Å². The number of hydrogen-bond acceptors (Lipinski definition) is 3. The first-order valence-electron chi connectivity index (χ1n) is 9.49. The molecular weight excluding hydrogens is 344 g/mol. The fourth-order valence-corrected chi connectivity index (χ4v) is 3.69. The van der Waals surface area contributed by atoms with Crippen molar-refractivity contribution in [3.8, 4) is 11.1 Å². The molecule has 28 heavy (non-hydrogen) atoms. The molecule has 0 spiro atoms. The smallest absolute Gasteiger partial charge is 0.128 e. The Morgan fingerprint density at radius 1 is 0.679 bits per heavy atom. The van der Waals surface area contributed by atoms with Crippen molar-refractivity contribution in [2.75, 3.05) is 5.01 Å². The first kappa shape index (κ1) is 16.6. The number of anilines is 1. The number of benzene rings is 3. The summed E-state index contributed by atoms with van der Waals surface area (Å²) in [6.07, 6.45) is 2.54.